The highest BCUT2D eigenvalue weighted by atomic mass is 14.0. The van der Waals surface area contributed by atoms with Crippen LogP contribution in [0.2, 0.25) is 0 Å². The minimum absolute atomic E-state index is 0. The maximum Gasteiger partial charge on any atom is -0.0533 e. The monoisotopic (exact) mass is 287 g/mol. The molecule has 20 heavy (non-hydrogen) atoms. The van der Waals surface area contributed by atoms with Gasteiger partial charge >= 0.3 is 0 Å². The molecule has 0 atom stereocenters. The van der Waals surface area contributed by atoms with Crippen LogP contribution >= 0.6 is 0 Å². The van der Waals surface area contributed by atoms with Gasteiger partial charge in [0, 0.05) is 0 Å². The van der Waals surface area contributed by atoms with Crippen LogP contribution in [0.4, 0.5) is 0 Å². The molecule has 0 spiro atoms. The van der Waals surface area contributed by atoms with E-state index >= 15 is 0 Å². The van der Waals surface area contributed by atoms with Crippen LogP contribution in [-0.2, 0) is 0 Å². The molecular formula is C19H45N. The first-order valence-corrected chi connectivity index (χ1v) is 8.91. The summed E-state index contributed by atoms with van der Waals surface area (Å²) in [6.45, 7) is 4.59. The van der Waals surface area contributed by atoms with Gasteiger partial charge in [0.15, 0.2) is 0 Å². The Bertz CT molecular complexity index is 118. The van der Waals surface area contributed by atoms with Crippen LogP contribution in [0.3, 0.4) is 0 Å². The zero-order valence-electron chi connectivity index (χ0n) is 14.0. The van der Waals surface area contributed by atoms with Gasteiger partial charge in [-0.25, -0.2) is 0 Å². The van der Waals surface area contributed by atoms with E-state index in [4.69, 9.17) is 0 Å². The molecule has 0 rings (SSSR count). The summed E-state index contributed by atoms with van der Waals surface area (Å²) in [5, 5.41) is 0. The van der Waals surface area contributed by atoms with Crippen molar-refractivity contribution >= 4 is 0 Å². The van der Waals surface area contributed by atoms with Crippen LogP contribution in [0.15, 0.2) is 0 Å². The SMILES string of the molecule is C.CCCCCCCCCCCCCCCCCC.N. The quantitative estimate of drug-likeness (QED) is 0.304. The van der Waals surface area contributed by atoms with E-state index in [0.29, 0.717) is 0 Å². The molecule has 1 heteroatoms. The molecule has 0 amide bonds. The lowest BCUT2D eigenvalue weighted by Crippen LogP contribution is -1.83. The van der Waals surface area contributed by atoms with Gasteiger partial charge in [-0.3, -0.25) is 0 Å². The highest BCUT2D eigenvalue weighted by Gasteiger charge is 1.93. The van der Waals surface area contributed by atoms with Gasteiger partial charge < -0.3 is 6.15 Å². The van der Waals surface area contributed by atoms with Crippen molar-refractivity contribution in [1.29, 1.82) is 0 Å². The lowest BCUT2D eigenvalue weighted by molar-refractivity contribution is 0.531. The fourth-order valence-electron chi connectivity index (χ4n) is 2.62. The van der Waals surface area contributed by atoms with E-state index in [1.807, 2.05) is 0 Å². The van der Waals surface area contributed by atoms with Gasteiger partial charge in [0.1, 0.15) is 0 Å². The third-order valence-electron chi connectivity index (χ3n) is 3.96. The van der Waals surface area contributed by atoms with Gasteiger partial charge in [-0.2, -0.15) is 0 Å². The van der Waals surface area contributed by atoms with Crippen molar-refractivity contribution in [1.82, 2.24) is 6.15 Å². The number of rotatable bonds is 15. The maximum atomic E-state index is 2.29. The van der Waals surface area contributed by atoms with E-state index < -0.39 is 0 Å². The van der Waals surface area contributed by atoms with Crippen molar-refractivity contribution in [2.24, 2.45) is 0 Å². The Morgan fingerprint density at radius 2 is 0.500 bits per heavy atom. The summed E-state index contributed by atoms with van der Waals surface area (Å²) in [4.78, 5) is 0. The summed E-state index contributed by atoms with van der Waals surface area (Å²) in [5.74, 6) is 0. The van der Waals surface area contributed by atoms with Crippen molar-refractivity contribution in [3.63, 3.8) is 0 Å². The fourth-order valence-corrected chi connectivity index (χ4v) is 2.62. The van der Waals surface area contributed by atoms with E-state index in [0.717, 1.165) is 0 Å². The normalized spacial score (nSPS) is 9.90. The molecule has 0 aromatic rings. The Morgan fingerprint density at radius 1 is 0.350 bits per heavy atom. The fraction of sp³-hybridized carbons (Fsp3) is 1.00. The van der Waals surface area contributed by atoms with Gasteiger partial charge in [0.2, 0.25) is 0 Å². The Morgan fingerprint density at radius 3 is 0.650 bits per heavy atom. The zero-order valence-corrected chi connectivity index (χ0v) is 14.0. The Labute approximate surface area is 130 Å². The standard InChI is InChI=1S/C18H38.CH4.H3N/c1-3-5-7-9-11-13-15-17-18-16-14-12-10-8-6-4-2;;/h3-18H2,1-2H3;1H4;1H3. The number of hydrogen-bond donors (Lipinski definition) is 1. The first-order valence-electron chi connectivity index (χ1n) is 8.91. The number of unbranched alkanes of at least 4 members (excludes halogenated alkanes) is 15. The molecule has 0 radical (unpaired) electrons. The molecule has 0 aliphatic carbocycles. The molecule has 3 N–H and O–H groups in total. The Balaban J connectivity index is -0.00000144. The van der Waals surface area contributed by atoms with Gasteiger partial charge in [0.05, 0.1) is 0 Å². The van der Waals surface area contributed by atoms with Gasteiger partial charge in [-0.15, -0.1) is 0 Å². The maximum absolute atomic E-state index is 2.29. The van der Waals surface area contributed by atoms with Crippen molar-refractivity contribution in [3.05, 3.63) is 0 Å². The molecule has 0 aromatic carbocycles. The summed E-state index contributed by atoms with van der Waals surface area (Å²) >= 11 is 0. The van der Waals surface area contributed by atoms with Crippen LogP contribution in [0.5, 0.6) is 0 Å². The number of hydrogen-bond acceptors (Lipinski definition) is 1. The second-order valence-electron chi connectivity index (χ2n) is 5.95. The third kappa shape index (κ3) is 23.1. The largest absolute Gasteiger partial charge is 0.344 e. The predicted molar refractivity (Wildman–Crippen MR) is 97.0 cm³/mol. The molecule has 0 heterocycles. The lowest BCUT2D eigenvalue weighted by Gasteiger charge is -2.03. The molecule has 0 aliphatic heterocycles. The molecule has 0 aromatic heterocycles. The molecule has 0 fully saturated rings. The second-order valence-corrected chi connectivity index (χ2v) is 5.95. The van der Waals surface area contributed by atoms with Gasteiger partial charge in [-0.05, 0) is 0 Å². The zero-order chi connectivity index (χ0) is 13.3. The van der Waals surface area contributed by atoms with Crippen LogP contribution in [-0.4, -0.2) is 0 Å². The molecule has 0 unspecified atom stereocenters. The van der Waals surface area contributed by atoms with Crippen molar-refractivity contribution in [2.45, 2.75) is 124 Å². The molecule has 0 saturated carbocycles. The van der Waals surface area contributed by atoms with Crippen LogP contribution in [0, 0.1) is 0 Å². The van der Waals surface area contributed by atoms with Crippen molar-refractivity contribution in [2.75, 3.05) is 0 Å². The van der Waals surface area contributed by atoms with E-state index in [2.05, 4.69) is 13.8 Å². The Kier molecular flexibility index (Phi) is 29.9. The molecule has 0 aliphatic rings. The summed E-state index contributed by atoms with van der Waals surface area (Å²) in [6.07, 6.45) is 23.4. The van der Waals surface area contributed by atoms with Crippen molar-refractivity contribution in [3.8, 4) is 0 Å². The third-order valence-corrected chi connectivity index (χ3v) is 3.96. The van der Waals surface area contributed by atoms with E-state index in [9.17, 15) is 0 Å². The highest BCUT2D eigenvalue weighted by molar-refractivity contribution is 4.49. The van der Waals surface area contributed by atoms with Crippen LogP contribution in [0.25, 0.3) is 0 Å². The van der Waals surface area contributed by atoms with Gasteiger partial charge in [0.25, 0.3) is 0 Å². The summed E-state index contributed by atoms with van der Waals surface area (Å²) in [6, 6.07) is 0. The first-order chi connectivity index (χ1) is 8.91. The average Bonchev–Trinajstić information content (AvgIpc) is 2.39. The molecule has 126 valence electrons. The van der Waals surface area contributed by atoms with E-state index in [1.165, 1.54) is 103 Å². The predicted octanol–water partition coefficient (Wildman–Crippen LogP) is 8.07. The average molecular weight is 288 g/mol. The smallest absolute Gasteiger partial charge is 0.0533 e. The summed E-state index contributed by atoms with van der Waals surface area (Å²) in [5.41, 5.74) is 0. The van der Waals surface area contributed by atoms with E-state index in [1.54, 1.807) is 0 Å². The molecule has 0 bridgehead atoms. The molecular weight excluding hydrogens is 242 g/mol. The van der Waals surface area contributed by atoms with Crippen LogP contribution < -0.4 is 6.15 Å². The first kappa shape index (κ1) is 24.9. The van der Waals surface area contributed by atoms with Crippen molar-refractivity contribution < 1.29 is 0 Å². The second kappa shape index (κ2) is 24.0. The summed E-state index contributed by atoms with van der Waals surface area (Å²) in [7, 11) is 0. The molecule has 0 saturated heterocycles. The minimum atomic E-state index is 0. The topological polar surface area (TPSA) is 35.0 Å². The molecule has 1 nitrogen and oxygen atoms in total. The van der Waals surface area contributed by atoms with E-state index in [-0.39, 0.29) is 13.6 Å². The summed E-state index contributed by atoms with van der Waals surface area (Å²) < 4.78 is 0. The van der Waals surface area contributed by atoms with Gasteiger partial charge in [-0.1, -0.05) is 124 Å². The van der Waals surface area contributed by atoms with Crippen LogP contribution in [0.1, 0.15) is 124 Å². The highest BCUT2D eigenvalue weighted by Crippen LogP contribution is 2.13. The minimum Gasteiger partial charge on any atom is -0.344 e. The lowest BCUT2D eigenvalue weighted by atomic mass is 10.0. The Hall–Kier alpha value is -0.0400.